The van der Waals surface area contributed by atoms with Gasteiger partial charge in [-0.1, -0.05) is 36.2 Å². The van der Waals surface area contributed by atoms with E-state index in [0.29, 0.717) is 5.02 Å². The molecule has 2 aromatic carbocycles. The molecule has 0 aromatic heterocycles. The fourth-order valence-corrected chi connectivity index (χ4v) is 4.46. The quantitative estimate of drug-likeness (QED) is 0.628. The lowest BCUT2D eigenvalue weighted by Gasteiger charge is -2.38. The average Bonchev–Trinajstić information content (AvgIpc) is 2.61. The third-order valence-electron chi connectivity index (χ3n) is 4.69. The third kappa shape index (κ3) is 4.99. The van der Waals surface area contributed by atoms with Crippen molar-refractivity contribution in [1.82, 2.24) is 5.32 Å². The Kier molecular flexibility index (Phi) is 6.07. The Morgan fingerprint density at radius 2 is 2.00 bits per heavy atom. The highest BCUT2D eigenvalue weighted by Gasteiger charge is 2.35. The number of fused-ring (bicyclic) bond motifs is 1. The van der Waals surface area contributed by atoms with Gasteiger partial charge in [-0.3, -0.25) is 4.79 Å². The van der Waals surface area contributed by atoms with Gasteiger partial charge in [-0.25, -0.2) is 0 Å². The predicted molar refractivity (Wildman–Crippen MR) is 113 cm³/mol. The molecule has 1 N–H and O–H groups in total. The maximum atomic E-state index is 13.0. The Balaban J connectivity index is 1.77. The van der Waals surface area contributed by atoms with Gasteiger partial charge in [-0.05, 0) is 57.5 Å². The summed E-state index contributed by atoms with van der Waals surface area (Å²) >= 11 is 7.54. The largest absolute Gasteiger partial charge is 0.487 e. The summed E-state index contributed by atoms with van der Waals surface area (Å²) in [4.78, 5) is 14.1. The number of aryl methyl sites for hydroxylation is 1. The van der Waals surface area contributed by atoms with Crippen LogP contribution in [0.1, 0.15) is 50.8 Å². The van der Waals surface area contributed by atoms with E-state index in [9.17, 15) is 4.79 Å². The number of amides is 1. The summed E-state index contributed by atoms with van der Waals surface area (Å²) < 4.78 is 6.11. The van der Waals surface area contributed by atoms with E-state index in [0.717, 1.165) is 29.1 Å². The fraction of sp³-hybridized carbons (Fsp3) is 0.409. The van der Waals surface area contributed by atoms with Gasteiger partial charge in [0.1, 0.15) is 11.4 Å². The zero-order valence-electron chi connectivity index (χ0n) is 16.2. The molecule has 3 rings (SSSR count). The molecule has 1 aliphatic heterocycles. The minimum Gasteiger partial charge on any atom is -0.487 e. The first-order valence-corrected chi connectivity index (χ1v) is 10.6. The molecule has 3 nitrogen and oxygen atoms in total. The van der Waals surface area contributed by atoms with Crippen LogP contribution in [0.4, 0.5) is 0 Å². The molecule has 1 aliphatic rings. The van der Waals surface area contributed by atoms with Crippen LogP contribution in [0.5, 0.6) is 5.75 Å². The molecule has 0 fully saturated rings. The number of halogens is 1. The van der Waals surface area contributed by atoms with E-state index in [1.165, 1.54) is 5.56 Å². The number of thioether (sulfide) groups is 1. The molecule has 0 aliphatic carbocycles. The molecular formula is C22H26ClNO2S. The van der Waals surface area contributed by atoms with Crippen LogP contribution in [0.15, 0.2) is 47.4 Å². The molecule has 2 atom stereocenters. The van der Waals surface area contributed by atoms with Gasteiger partial charge in [-0.15, -0.1) is 11.8 Å². The lowest BCUT2D eigenvalue weighted by atomic mass is 9.89. The normalized spacial score (nSPS) is 18.9. The number of carbonyl (C=O) groups excluding carboxylic acids is 1. The van der Waals surface area contributed by atoms with E-state index in [1.807, 2.05) is 43.3 Å². The number of nitrogens with one attached hydrogen (secondary N) is 1. The van der Waals surface area contributed by atoms with Gasteiger partial charge >= 0.3 is 0 Å². The molecule has 5 heteroatoms. The molecule has 1 amide bonds. The molecular weight excluding hydrogens is 378 g/mol. The first kappa shape index (κ1) is 20.1. The topological polar surface area (TPSA) is 38.3 Å². The van der Waals surface area contributed by atoms with Crippen LogP contribution in [0, 0.1) is 6.92 Å². The number of ether oxygens (including phenoxy) is 1. The van der Waals surface area contributed by atoms with E-state index in [-0.39, 0.29) is 22.8 Å². The SMILES string of the molecule is CC[C@@H](Sc1ccc(Cl)cc1)C(=O)N[C@H]1CC(C)(C)Oc2ccc(C)cc21. The monoisotopic (exact) mass is 403 g/mol. The molecule has 0 bridgehead atoms. The Labute approximate surface area is 170 Å². The lowest BCUT2D eigenvalue weighted by molar-refractivity contribution is -0.121. The van der Waals surface area contributed by atoms with Crippen LogP contribution in [-0.2, 0) is 4.79 Å². The van der Waals surface area contributed by atoms with Crippen LogP contribution in [0.25, 0.3) is 0 Å². The van der Waals surface area contributed by atoms with Gasteiger partial charge in [-0.2, -0.15) is 0 Å². The summed E-state index contributed by atoms with van der Waals surface area (Å²) in [6, 6.07) is 13.7. The minimum atomic E-state index is -0.314. The predicted octanol–water partition coefficient (Wildman–Crippen LogP) is 5.94. The standard InChI is InChI=1S/C22H26ClNO2S/c1-5-20(27-16-9-7-15(23)8-10-16)21(25)24-18-13-22(3,4)26-19-11-6-14(2)12-17(18)19/h6-12,18,20H,5,13H2,1-4H3,(H,24,25)/t18-,20+/m0/s1. The molecule has 27 heavy (non-hydrogen) atoms. The number of hydrogen-bond donors (Lipinski definition) is 1. The summed E-state index contributed by atoms with van der Waals surface area (Å²) in [5, 5.41) is 3.83. The second kappa shape index (κ2) is 8.15. The van der Waals surface area contributed by atoms with Gasteiger partial charge in [0, 0.05) is 21.9 Å². The minimum absolute atomic E-state index is 0.0454. The molecule has 1 heterocycles. The van der Waals surface area contributed by atoms with Crippen LogP contribution in [0.3, 0.4) is 0 Å². The summed E-state index contributed by atoms with van der Waals surface area (Å²) in [5.74, 6) is 0.924. The number of benzene rings is 2. The molecule has 0 saturated heterocycles. The zero-order chi connectivity index (χ0) is 19.6. The van der Waals surface area contributed by atoms with E-state index < -0.39 is 0 Å². The molecule has 0 spiro atoms. The average molecular weight is 404 g/mol. The van der Waals surface area contributed by atoms with Crippen molar-refractivity contribution >= 4 is 29.3 Å². The number of rotatable bonds is 5. The highest BCUT2D eigenvalue weighted by Crippen LogP contribution is 2.40. The second-order valence-corrected chi connectivity index (χ2v) is 9.35. The summed E-state index contributed by atoms with van der Waals surface area (Å²) in [6.45, 7) is 8.23. The third-order valence-corrected chi connectivity index (χ3v) is 6.32. The van der Waals surface area contributed by atoms with Crippen molar-refractivity contribution in [2.75, 3.05) is 0 Å². The molecule has 2 aromatic rings. The van der Waals surface area contributed by atoms with Crippen molar-refractivity contribution in [3.05, 3.63) is 58.6 Å². The molecule has 0 radical (unpaired) electrons. The Hall–Kier alpha value is -1.65. The van der Waals surface area contributed by atoms with Gasteiger partial charge in [0.25, 0.3) is 0 Å². The molecule has 0 unspecified atom stereocenters. The molecule has 0 saturated carbocycles. The zero-order valence-corrected chi connectivity index (χ0v) is 17.8. The van der Waals surface area contributed by atoms with E-state index >= 15 is 0 Å². The highest BCUT2D eigenvalue weighted by atomic mass is 35.5. The van der Waals surface area contributed by atoms with Crippen molar-refractivity contribution in [2.45, 2.75) is 62.3 Å². The Bertz CT molecular complexity index is 820. The van der Waals surface area contributed by atoms with Crippen molar-refractivity contribution in [2.24, 2.45) is 0 Å². The summed E-state index contributed by atoms with van der Waals surface area (Å²) in [7, 11) is 0. The second-order valence-electron chi connectivity index (χ2n) is 7.64. The first-order valence-electron chi connectivity index (χ1n) is 9.29. The fourth-order valence-electron chi connectivity index (χ4n) is 3.37. The van der Waals surface area contributed by atoms with E-state index in [4.69, 9.17) is 16.3 Å². The van der Waals surface area contributed by atoms with E-state index in [2.05, 4.69) is 32.2 Å². The van der Waals surface area contributed by atoms with Crippen molar-refractivity contribution in [3.8, 4) is 5.75 Å². The van der Waals surface area contributed by atoms with Crippen molar-refractivity contribution in [1.29, 1.82) is 0 Å². The lowest BCUT2D eigenvalue weighted by Crippen LogP contribution is -2.43. The van der Waals surface area contributed by atoms with Gasteiger partial charge < -0.3 is 10.1 Å². The summed E-state index contributed by atoms with van der Waals surface area (Å²) in [5.41, 5.74) is 1.92. The van der Waals surface area contributed by atoms with Crippen LogP contribution >= 0.6 is 23.4 Å². The van der Waals surface area contributed by atoms with Gasteiger partial charge in [0.2, 0.25) is 5.91 Å². The maximum absolute atomic E-state index is 13.0. The van der Waals surface area contributed by atoms with Crippen LogP contribution < -0.4 is 10.1 Å². The van der Waals surface area contributed by atoms with Gasteiger partial charge in [0.05, 0.1) is 11.3 Å². The number of carbonyl (C=O) groups is 1. The van der Waals surface area contributed by atoms with E-state index in [1.54, 1.807) is 11.8 Å². The smallest absolute Gasteiger partial charge is 0.233 e. The number of hydrogen-bond acceptors (Lipinski definition) is 3. The Morgan fingerprint density at radius 1 is 1.30 bits per heavy atom. The summed E-state index contributed by atoms with van der Waals surface area (Å²) in [6.07, 6.45) is 1.50. The van der Waals surface area contributed by atoms with Crippen molar-refractivity contribution in [3.63, 3.8) is 0 Å². The molecule has 144 valence electrons. The van der Waals surface area contributed by atoms with Crippen LogP contribution in [0.2, 0.25) is 5.02 Å². The highest BCUT2D eigenvalue weighted by molar-refractivity contribution is 8.00. The van der Waals surface area contributed by atoms with Crippen molar-refractivity contribution < 1.29 is 9.53 Å². The van der Waals surface area contributed by atoms with Crippen LogP contribution in [-0.4, -0.2) is 16.8 Å². The van der Waals surface area contributed by atoms with Gasteiger partial charge in [0.15, 0.2) is 0 Å². The Morgan fingerprint density at radius 3 is 2.67 bits per heavy atom. The first-order chi connectivity index (χ1) is 12.8. The maximum Gasteiger partial charge on any atom is 0.233 e.